The first-order valence-corrected chi connectivity index (χ1v) is 12.5. The number of hydrogen-bond acceptors (Lipinski definition) is 4. The predicted octanol–water partition coefficient (Wildman–Crippen LogP) is 6.08. The van der Waals surface area contributed by atoms with Gasteiger partial charge in [-0.05, 0) is 75.9 Å². The second-order valence-corrected chi connectivity index (χ2v) is 9.92. The standard InChI is InChI=1S/C24H26Cl4N2O4/c1-13(33-21-9-3-15(25)11-19(21)27)23(31)29-17-5-7-18(8-6-17)30-24(32)14(2)34-22-10-4-16(26)12-20(22)28/h3-4,9-14,17-18H,5-8H2,1-2H3,(H,29,31)(H,30,32)/t13-,14-,17?,18?/m0/s1. The summed E-state index contributed by atoms with van der Waals surface area (Å²) < 4.78 is 11.4. The maximum atomic E-state index is 12.6. The Bertz CT molecular complexity index is 947. The van der Waals surface area contributed by atoms with E-state index in [0.717, 1.165) is 25.7 Å². The second-order valence-electron chi connectivity index (χ2n) is 8.24. The van der Waals surface area contributed by atoms with Crippen LogP contribution in [-0.2, 0) is 9.59 Å². The van der Waals surface area contributed by atoms with Gasteiger partial charge in [-0.15, -0.1) is 0 Å². The summed E-state index contributed by atoms with van der Waals surface area (Å²) in [6, 6.07) is 9.71. The van der Waals surface area contributed by atoms with E-state index < -0.39 is 12.2 Å². The van der Waals surface area contributed by atoms with Crippen LogP contribution >= 0.6 is 46.4 Å². The highest BCUT2D eigenvalue weighted by Gasteiger charge is 2.27. The van der Waals surface area contributed by atoms with Gasteiger partial charge in [-0.3, -0.25) is 9.59 Å². The van der Waals surface area contributed by atoms with Gasteiger partial charge in [-0.2, -0.15) is 0 Å². The number of carbonyl (C=O) groups is 2. The van der Waals surface area contributed by atoms with E-state index in [1.165, 1.54) is 0 Å². The van der Waals surface area contributed by atoms with Crippen molar-refractivity contribution in [1.82, 2.24) is 10.6 Å². The molecule has 0 saturated heterocycles. The maximum absolute atomic E-state index is 12.6. The molecule has 1 fully saturated rings. The van der Waals surface area contributed by atoms with Gasteiger partial charge in [-0.25, -0.2) is 0 Å². The molecular formula is C24H26Cl4N2O4. The lowest BCUT2D eigenvalue weighted by Gasteiger charge is -2.31. The summed E-state index contributed by atoms with van der Waals surface area (Å²) >= 11 is 24.0. The average molecular weight is 548 g/mol. The van der Waals surface area contributed by atoms with Gasteiger partial charge in [0.2, 0.25) is 0 Å². The molecule has 0 radical (unpaired) electrons. The number of hydrogen-bond donors (Lipinski definition) is 2. The van der Waals surface area contributed by atoms with Crippen molar-refractivity contribution < 1.29 is 19.1 Å². The first-order valence-electron chi connectivity index (χ1n) is 11.0. The molecule has 0 heterocycles. The Morgan fingerprint density at radius 3 is 1.41 bits per heavy atom. The molecule has 1 aliphatic carbocycles. The number of halogens is 4. The third kappa shape index (κ3) is 7.57. The minimum Gasteiger partial charge on any atom is -0.479 e. The first-order chi connectivity index (χ1) is 16.1. The van der Waals surface area contributed by atoms with Crippen LogP contribution in [0.25, 0.3) is 0 Å². The zero-order valence-electron chi connectivity index (χ0n) is 18.7. The van der Waals surface area contributed by atoms with Crippen LogP contribution in [0.2, 0.25) is 20.1 Å². The molecule has 3 rings (SSSR count). The topological polar surface area (TPSA) is 76.7 Å². The van der Waals surface area contributed by atoms with E-state index in [9.17, 15) is 9.59 Å². The molecule has 10 heteroatoms. The number of rotatable bonds is 8. The van der Waals surface area contributed by atoms with E-state index in [0.29, 0.717) is 31.6 Å². The van der Waals surface area contributed by atoms with Gasteiger partial charge < -0.3 is 20.1 Å². The van der Waals surface area contributed by atoms with Crippen molar-refractivity contribution in [3.05, 3.63) is 56.5 Å². The monoisotopic (exact) mass is 546 g/mol. The summed E-state index contributed by atoms with van der Waals surface area (Å²) in [4.78, 5) is 25.1. The molecule has 0 bridgehead atoms. The molecule has 184 valence electrons. The van der Waals surface area contributed by atoms with Crippen molar-refractivity contribution in [2.75, 3.05) is 0 Å². The second kappa shape index (κ2) is 12.2. The van der Waals surface area contributed by atoms with Crippen LogP contribution in [-0.4, -0.2) is 36.1 Å². The zero-order chi connectivity index (χ0) is 24.8. The van der Waals surface area contributed by atoms with E-state index >= 15 is 0 Å². The summed E-state index contributed by atoms with van der Waals surface area (Å²) in [6.07, 6.45) is 1.53. The van der Waals surface area contributed by atoms with Crippen molar-refractivity contribution in [2.24, 2.45) is 0 Å². The van der Waals surface area contributed by atoms with E-state index in [1.807, 2.05) is 0 Å². The highest BCUT2D eigenvalue weighted by molar-refractivity contribution is 6.36. The van der Waals surface area contributed by atoms with Crippen LogP contribution in [0.5, 0.6) is 11.5 Å². The highest BCUT2D eigenvalue weighted by Crippen LogP contribution is 2.29. The minimum absolute atomic E-state index is 0.00828. The molecule has 2 N–H and O–H groups in total. The van der Waals surface area contributed by atoms with Crippen LogP contribution in [0.1, 0.15) is 39.5 Å². The van der Waals surface area contributed by atoms with Crippen molar-refractivity contribution in [3.63, 3.8) is 0 Å². The van der Waals surface area contributed by atoms with Gasteiger partial charge in [0.05, 0.1) is 10.0 Å². The number of benzene rings is 2. The number of nitrogens with one attached hydrogen (secondary N) is 2. The number of amides is 2. The van der Waals surface area contributed by atoms with E-state index in [1.54, 1.807) is 50.2 Å². The zero-order valence-corrected chi connectivity index (χ0v) is 21.8. The molecule has 1 aliphatic rings. The molecule has 0 aromatic heterocycles. The number of carbonyl (C=O) groups excluding carboxylic acids is 2. The van der Waals surface area contributed by atoms with Crippen molar-refractivity contribution in [3.8, 4) is 11.5 Å². The van der Waals surface area contributed by atoms with E-state index in [4.69, 9.17) is 55.9 Å². The Hall–Kier alpha value is -1.86. The van der Waals surface area contributed by atoms with Crippen molar-refractivity contribution >= 4 is 58.2 Å². The fraction of sp³-hybridized carbons (Fsp3) is 0.417. The predicted molar refractivity (Wildman–Crippen MR) is 135 cm³/mol. The summed E-state index contributed by atoms with van der Waals surface area (Å²) in [5, 5.41) is 7.71. The fourth-order valence-electron chi connectivity index (χ4n) is 3.65. The minimum atomic E-state index is -0.714. The smallest absolute Gasteiger partial charge is 0.260 e. The quantitative estimate of drug-likeness (QED) is 0.420. The molecule has 2 aromatic carbocycles. The molecular weight excluding hydrogens is 522 g/mol. The summed E-state index contributed by atoms with van der Waals surface area (Å²) in [7, 11) is 0. The molecule has 1 saturated carbocycles. The Balaban J connectivity index is 1.41. The molecule has 2 atom stereocenters. The van der Waals surface area contributed by atoms with Crippen LogP contribution in [0, 0.1) is 0 Å². The Morgan fingerprint density at radius 1 is 0.735 bits per heavy atom. The van der Waals surface area contributed by atoms with E-state index in [2.05, 4.69) is 10.6 Å². The first kappa shape index (κ1) is 26.7. The third-order valence-corrected chi connectivity index (χ3v) is 6.61. The van der Waals surface area contributed by atoms with Gasteiger partial charge in [0.25, 0.3) is 11.8 Å². The molecule has 0 spiro atoms. The molecule has 0 aliphatic heterocycles. The lowest BCUT2D eigenvalue weighted by atomic mass is 9.91. The van der Waals surface area contributed by atoms with Gasteiger partial charge in [0, 0.05) is 22.1 Å². The van der Waals surface area contributed by atoms with Crippen LogP contribution in [0.3, 0.4) is 0 Å². The van der Waals surface area contributed by atoms with Crippen LogP contribution in [0.15, 0.2) is 36.4 Å². The Kier molecular flexibility index (Phi) is 9.60. The molecule has 6 nitrogen and oxygen atoms in total. The van der Waals surface area contributed by atoms with Crippen molar-refractivity contribution in [1.29, 1.82) is 0 Å². The van der Waals surface area contributed by atoms with Gasteiger partial charge in [0.15, 0.2) is 12.2 Å². The number of ether oxygens (including phenoxy) is 2. The van der Waals surface area contributed by atoms with E-state index in [-0.39, 0.29) is 23.9 Å². The average Bonchev–Trinajstić information content (AvgIpc) is 2.78. The summed E-state index contributed by atoms with van der Waals surface area (Å²) in [6.45, 7) is 3.33. The summed E-state index contributed by atoms with van der Waals surface area (Å²) in [5.74, 6) is 0.355. The van der Waals surface area contributed by atoms with Gasteiger partial charge in [0.1, 0.15) is 11.5 Å². The largest absolute Gasteiger partial charge is 0.479 e. The lowest BCUT2D eigenvalue weighted by Crippen LogP contribution is -2.48. The Morgan fingerprint density at radius 2 is 1.09 bits per heavy atom. The third-order valence-electron chi connectivity index (χ3n) is 5.55. The van der Waals surface area contributed by atoms with Crippen LogP contribution < -0.4 is 20.1 Å². The van der Waals surface area contributed by atoms with Gasteiger partial charge >= 0.3 is 0 Å². The Labute approximate surface area is 219 Å². The van der Waals surface area contributed by atoms with Gasteiger partial charge in [-0.1, -0.05) is 46.4 Å². The summed E-state index contributed by atoms with van der Waals surface area (Å²) in [5.41, 5.74) is 0. The lowest BCUT2D eigenvalue weighted by molar-refractivity contribution is -0.129. The molecule has 2 amide bonds. The maximum Gasteiger partial charge on any atom is 0.260 e. The van der Waals surface area contributed by atoms with Crippen molar-refractivity contribution in [2.45, 2.75) is 63.8 Å². The normalized spacial score (nSPS) is 19.6. The molecule has 2 aromatic rings. The van der Waals surface area contributed by atoms with Crippen LogP contribution in [0.4, 0.5) is 0 Å². The SMILES string of the molecule is C[C@H](Oc1ccc(Cl)cc1Cl)C(=O)NC1CCC(NC(=O)[C@H](C)Oc2ccc(Cl)cc2Cl)CC1. The molecule has 0 unspecified atom stereocenters. The highest BCUT2D eigenvalue weighted by atomic mass is 35.5. The molecule has 34 heavy (non-hydrogen) atoms. The fourth-order valence-corrected chi connectivity index (χ4v) is 4.55.